The molecule has 0 unspecified atom stereocenters. The van der Waals surface area contributed by atoms with Gasteiger partial charge in [0.15, 0.2) is 0 Å². The Kier molecular flexibility index (Phi) is 3.71. The van der Waals surface area contributed by atoms with Crippen LogP contribution in [0.1, 0.15) is 13.7 Å². The Morgan fingerprint density at radius 1 is 0.326 bits per heavy atom. The van der Waals surface area contributed by atoms with Gasteiger partial charge in [-0.25, -0.2) is 0 Å². The van der Waals surface area contributed by atoms with E-state index in [9.17, 15) is 6.85 Å². The van der Waals surface area contributed by atoms with Crippen LogP contribution in [0.15, 0.2) is 170 Å². The molecule has 0 fully saturated rings. The molecule has 0 bridgehead atoms. The first-order valence-corrected chi connectivity index (χ1v) is 15.2. The van der Waals surface area contributed by atoms with Crippen LogP contribution in [0.2, 0.25) is 0 Å². The molecule has 0 N–H and O–H groups in total. The first-order valence-electron chi connectivity index (χ1n) is 20.2. The number of hydrogen-bond acceptors (Lipinski definition) is 0. The summed E-state index contributed by atoms with van der Waals surface area (Å²) in [7, 11) is 0. The van der Waals surface area contributed by atoms with Crippen LogP contribution in [0, 0.1) is 0 Å². The topological polar surface area (TPSA) is 0 Å². The number of benzene rings is 10. The predicted octanol–water partition coefficient (Wildman–Crippen LogP) is 13.0. The Balaban J connectivity index is 1.54. The molecule has 10 aromatic carbocycles. The zero-order valence-electron chi connectivity index (χ0n) is 34.4. The highest BCUT2D eigenvalue weighted by atomic mass is 14.2. The summed E-state index contributed by atoms with van der Waals surface area (Å²) in [5.41, 5.74) is 3.43. The fourth-order valence-corrected chi connectivity index (χ4v) is 7.28. The molecule has 0 heterocycles. The first-order chi connectivity index (χ1) is 27.0. The summed E-state index contributed by atoms with van der Waals surface area (Å²) in [6.07, 6.45) is 0. The minimum atomic E-state index is -0.530. The summed E-state index contributed by atoms with van der Waals surface area (Å²) in [4.78, 5) is 0. The minimum Gasteiger partial charge on any atom is -0.0622 e. The summed E-state index contributed by atoms with van der Waals surface area (Å²) in [6.45, 7) is 0. The van der Waals surface area contributed by atoms with Gasteiger partial charge in [-0.1, -0.05) is 164 Å². The highest BCUT2D eigenvalue weighted by molar-refractivity contribution is 6.32. The van der Waals surface area contributed by atoms with Gasteiger partial charge in [0.05, 0.1) is 13.7 Å². The lowest BCUT2D eigenvalue weighted by Crippen LogP contribution is -1.94. The van der Waals surface area contributed by atoms with Gasteiger partial charge < -0.3 is 0 Å². The summed E-state index contributed by atoms with van der Waals surface area (Å²) in [5, 5.41) is 6.33. The third-order valence-electron chi connectivity index (χ3n) is 9.24. The van der Waals surface area contributed by atoms with Crippen LogP contribution in [-0.2, 0) is 0 Å². The van der Waals surface area contributed by atoms with Crippen LogP contribution >= 0.6 is 0 Å². The first kappa shape index (κ1) is 17.5. The Bertz CT molecular complexity index is 3340. The third kappa shape index (κ3) is 3.62. The molecular weight excluding hydrogens is 553 g/mol. The molecule has 0 spiro atoms. The van der Waals surface area contributed by atoms with Crippen molar-refractivity contribution in [1.82, 2.24) is 0 Å². The lowest BCUT2D eigenvalue weighted by Gasteiger charge is -2.21. The highest BCUT2D eigenvalue weighted by Gasteiger charge is 2.21. The Morgan fingerprint density at radius 3 is 1.78 bits per heavy atom. The quantitative estimate of drug-likeness (QED) is 0.142. The molecule has 0 atom stereocenters. The maximum Gasteiger partial charge on any atom is 0.0630 e. The average molecular weight is 591 g/mol. The second-order valence-electron chi connectivity index (χ2n) is 11.7. The van der Waals surface area contributed by atoms with Gasteiger partial charge in [0.1, 0.15) is 0 Å². The van der Waals surface area contributed by atoms with Gasteiger partial charge in [-0.3, -0.25) is 0 Å². The van der Waals surface area contributed by atoms with E-state index in [0.717, 1.165) is 43.4 Å². The molecular formula is C46H28. The lowest BCUT2D eigenvalue weighted by molar-refractivity contribution is 1.61. The van der Waals surface area contributed by atoms with Gasteiger partial charge in [-0.15, -0.1) is 0 Å². The van der Waals surface area contributed by atoms with Crippen molar-refractivity contribution in [3.63, 3.8) is 0 Å². The van der Waals surface area contributed by atoms with Crippen molar-refractivity contribution in [3.05, 3.63) is 170 Å². The Morgan fingerprint density at radius 2 is 0.957 bits per heavy atom. The van der Waals surface area contributed by atoms with E-state index in [-0.39, 0.29) is 56.0 Å². The van der Waals surface area contributed by atoms with Crippen LogP contribution < -0.4 is 0 Å². The molecule has 0 saturated heterocycles. The van der Waals surface area contributed by atoms with Gasteiger partial charge in [-0.2, -0.15) is 0 Å². The zero-order valence-corrected chi connectivity index (χ0v) is 24.4. The van der Waals surface area contributed by atoms with E-state index >= 15 is 0 Å². The van der Waals surface area contributed by atoms with E-state index in [1.165, 1.54) is 0 Å². The van der Waals surface area contributed by atoms with Crippen molar-refractivity contribution in [2.45, 2.75) is 0 Å². The zero-order chi connectivity index (χ0) is 38.9. The van der Waals surface area contributed by atoms with E-state index in [4.69, 9.17) is 6.85 Å². The molecule has 46 heavy (non-hydrogen) atoms. The smallest absolute Gasteiger partial charge is 0.0622 e. The van der Waals surface area contributed by atoms with E-state index in [0.29, 0.717) is 16.7 Å². The van der Waals surface area contributed by atoms with Crippen LogP contribution in [-0.4, -0.2) is 0 Å². The molecule has 0 heteroatoms. The van der Waals surface area contributed by atoms with Crippen molar-refractivity contribution < 1.29 is 13.7 Å². The highest BCUT2D eigenvalue weighted by Crippen LogP contribution is 2.49. The molecule has 0 amide bonds. The Labute approximate surface area is 281 Å². The van der Waals surface area contributed by atoms with Gasteiger partial charge >= 0.3 is 0 Å². The monoisotopic (exact) mass is 590 g/mol. The molecule has 0 saturated carbocycles. The van der Waals surface area contributed by atoms with Gasteiger partial charge in [0.25, 0.3) is 0 Å². The summed E-state index contributed by atoms with van der Waals surface area (Å²) < 4.78 is 91.9. The fourth-order valence-electron chi connectivity index (χ4n) is 7.28. The van der Waals surface area contributed by atoms with Crippen molar-refractivity contribution in [1.29, 1.82) is 0 Å². The van der Waals surface area contributed by atoms with Crippen LogP contribution in [0.4, 0.5) is 0 Å². The second kappa shape index (κ2) is 9.76. The molecule has 0 aliphatic carbocycles. The molecule has 0 nitrogen and oxygen atoms in total. The lowest BCUT2D eigenvalue weighted by atomic mass is 9.81. The summed E-state index contributed by atoms with van der Waals surface area (Å²) in [6, 6.07) is 31.0. The maximum absolute atomic E-state index is 9.72. The van der Waals surface area contributed by atoms with E-state index in [1.807, 2.05) is 103 Å². The molecule has 212 valence electrons. The number of rotatable bonds is 3. The van der Waals surface area contributed by atoms with E-state index in [2.05, 4.69) is 6.07 Å². The van der Waals surface area contributed by atoms with E-state index < -0.39 is 42.3 Å². The van der Waals surface area contributed by atoms with Crippen molar-refractivity contribution in [2.75, 3.05) is 0 Å². The normalized spacial score (nSPS) is 15.0. The fraction of sp³-hybridized carbons (Fsp3) is 0. The molecule has 0 aliphatic heterocycles. The molecule has 0 aromatic heterocycles. The van der Waals surface area contributed by atoms with Crippen LogP contribution in [0.25, 0.3) is 98.0 Å². The van der Waals surface area contributed by atoms with Crippen LogP contribution in [0.5, 0.6) is 0 Å². The second-order valence-corrected chi connectivity index (χ2v) is 11.7. The average Bonchev–Trinajstić information content (AvgIpc) is 3.23. The molecule has 10 aromatic rings. The minimum absolute atomic E-state index is 0.0162. The number of fused-ring (bicyclic) bond motifs is 4. The van der Waals surface area contributed by atoms with Crippen molar-refractivity contribution >= 4 is 64.6 Å². The van der Waals surface area contributed by atoms with Crippen LogP contribution in [0.3, 0.4) is 0 Å². The summed E-state index contributed by atoms with van der Waals surface area (Å²) in [5.74, 6) is 0. The van der Waals surface area contributed by atoms with Crippen molar-refractivity contribution in [3.8, 4) is 33.4 Å². The Hall–Kier alpha value is -5.98. The largest absolute Gasteiger partial charge is 0.0630 e. The number of hydrogen-bond donors (Lipinski definition) is 0. The predicted molar refractivity (Wildman–Crippen MR) is 199 cm³/mol. The van der Waals surface area contributed by atoms with Crippen molar-refractivity contribution in [2.24, 2.45) is 0 Å². The van der Waals surface area contributed by atoms with Gasteiger partial charge in [-0.05, 0) is 104 Å². The van der Waals surface area contributed by atoms with Gasteiger partial charge in [0.2, 0.25) is 0 Å². The summed E-state index contributed by atoms with van der Waals surface area (Å²) >= 11 is 0. The molecule has 0 aliphatic rings. The van der Waals surface area contributed by atoms with E-state index in [1.54, 1.807) is 0 Å². The maximum atomic E-state index is 9.72. The molecule has 10 rings (SSSR count). The molecule has 0 radical (unpaired) electrons. The SMILES string of the molecule is [2H]c1c([2H])c([2H])c2c(-c3ccc4ccc5cccc6ccc3c4c56)c3c(c([2H])c([2H])c4c([2H])c([2H])c([2H])c([2H])c43)c(-c3cccc(-c4ccccc4)c3)c2c1[2H]. The third-order valence-corrected chi connectivity index (χ3v) is 9.24. The standard InChI is InChI=1S/C46H28/c1-2-10-29(11-3-1)34-15-9-16-35(28-34)43-37-18-6-7-19-38(37)46(45-36-17-5-4-12-30(36)22-27-41(43)45)40-26-24-33-21-20-31-13-8-14-32-23-25-39(40)44(33)42(31)32/h1-28H/i4D,5D,6D,7D,12D,17D,18D,19D,22D,27D. The van der Waals surface area contributed by atoms with Gasteiger partial charge in [0, 0.05) is 0 Å².